The number of rotatable bonds is 4. The molecule has 0 atom stereocenters. The lowest BCUT2D eigenvalue weighted by atomic mass is 10.0. The first kappa shape index (κ1) is 13.1. The summed E-state index contributed by atoms with van der Waals surface area (Å²) in [5.41, 5.74) is 6.50. The minimum absolute atomic E-state index is 0.179. The third kappa shape index (κ3) is 1.98. The van der Waals surface area contributed by atoms with Crippen molar-refractivity contribution in [2.75, 3.05) is 18.0 Å². The van der Waals surface area contributed by atoms with Gasteiger partial charge in [0.05, 0.1) is 11.1 Å². The quantitative estimate of drug-likeness (QED) is 0.926. The van der Waals surface area contributed by atoms with E-state index in [0.717, 1.165) is 29.3 Å². The van der Waals surface area contributed by atoms with Crippen LogP contribution in [-0.2, 0) is 4.79 Å². The normalized spacial score (nSPS) is 16.1. The molecule has 0 aromatic heterocycles. The van der Waals surface area contributed by atoms with Gasteiger partial charge in [-0.2, -0.15) is 0 Å². The molecule has 0 aliphatic heterocycles. The summed E-state index contributed by atoms with van der Waals surface area (Å²) in [6.07, 6.45) is 1.84. The van der Waals surface area contributed by atoms with Crippen molar-refractivity contribution in [2.24, 2.45) is 11.1 Å². The van der Waals surface area contributed by atoms with Gasteiger partial charge in [0.25, 0.3) is 0 Å². The molecule has 2 aromatic carbocycles. The molecule has 1 amide bonds. The van der Waals surface area contributed by atoms with E-state index in [0.29, 0.717) is 13.1 Å². The predicted molar refractivity (Wildman–Crippen MR) is 82.7 cm³/mol. The number of carbonyl (C=O) groups excluding carboxylic acids is 1. The van der Waals surface area contributed by atoms with E-state index in [1.807, 2.05) is 36.1 Å². The number of fused-ring (bicyclic) bond motifs is 1. The fourth-order valence-corrected chi connectivity index (χ4v) is 2.81. The van der Waals surface area contributed by atoms with Crippen LogP contribution in [0.25, 0.3) is 10.8 Å². The van der Waals surface area contributed by atoms with Gasteiger partial charge < -0.3 is 10.6 Å². The van der Waals surface area contributed by atoms with Crippen molar-refractivity contribution in [3.8, 4) is 0 Å². The number of hydrogen-bond acceptors (Lipinski definition) is 2. The summed E-state index contributed by atoms with van der Waals surface area (Å²) in [6, 6.07) is 14.3. The molecule has 0 heterocycles. The Morgan fingerprint density at radius 2 is 1.90 bits per heavy atom. The molecule has 1 fully saturated rings. The Bertz CT molecular complexity index is 641. The number of nitrogens with zero attached hydrogens (tertiary/aromatic N) is 1. The monoisotopic (exact) mass is 268 g/mol. The summed E-state index contributed by atoms with van der Waals surface area (Å²) in [6.45, 7) is 3.15. The molecule has 1 aliphatic rings. The third-order valence-electron chi connectivity index (χ3n) is 4.32. The van der Waals surface area contributed by atoms with Crippen molar-refractivity contribution >= 4 is 22.4 Å². The van der Waals surface area contributed by atoms with Gasteiger partial charge in [0.2, 0.25) is 5.91 Å². The fourth-order valence-electron chi connectivity index (χ4n) is 2.81. The third-order valence-corrected chi connectivity index (χ3v) is 4.32. The second-order valence-corrected chi connectivity index (χ2v) is 5.53. The number of benzene rings is 2. The van der Waals surface area contributed by atoms with Crippen molar-refractivity contribution in [3.63, 3.8) is 0 Å². The summed E-state index contributed by atoms with van der Waals surface area (Å²) in [7, 11) is 0. The van der Waals surface area contributed by atoms with Crippen LogP contribution in [-0.4, -0.2) is 19.0 Å². The zero-order valence-corrected chi connectivity index (χ0v) is 11.8. The first-order valence-corrected chi connectivity index (χ1v) is 7.21. The van der Waals surface area contributed by atoms with Crippen LogP contribution in [0.5, 0.6) is 0 Å². The largest absolute Gasteiger partial charge is 0.329 e. The van der Waals surface area contributed by atoms with Gasteiger partial charge in [-0.25, -0.2) is 0 Å². The Hall–Kier alpha value is -1.87. The van der Waals surface area contributed by atoms with E-state index in [4.69, 9.17) is 5.73 Å². The highest BCUT2D eigenvalue weighted by Gasteiger charge is 2.50. The maximum atomic E-state index is 12.8. The van der Waals surface area contributed by atoms with Gasteiger partial charge >= 0.3 is 0 Å². The van der Waals surface area contributed by atoms with Gasteiger partial charge in [-0.1, -0.05) is 36.4 Å². The summed E-state index contributed by atoms with van der Waals surface area (Å²) < 4.78 is 0. The Morgan fingerprint density at radius 1 is 1.20 bits per heavy atom. The van der Waals surface area contributed by atoms with Crippen molar-refractivity contribution in [1.82, 2.24) is 0 Å². The molecule has 2 N–H and O–H groups in total. The summed E-state index contributed by atoms with van der Waals surface area (Å²) in [5, 5.41) is 2.28. The molecular formula is C17H20N2O. The first-order valence-electron chi connectivity index (χ1n) is 7.21. The zero-order valence-electron chi connectivity index (χ0n) is 11.8. The molecule has 3 nitrogen and oxygen atoms in total. The second kappa shape index (κ2) is 4.91. The summed E-state index contributed by atoms with van der Waals surface area (Å²) in [5.74, 6) is 0.179. The van der Waals surface area contributed by atoms with Gasteiger partial charge in [-0.05, 0) is 31.2 Å². The van der Waals surface area contributed by atoms with Crippen LogP contribution in [0, 0.1) is 5.41 Å². The molecule has 0 spiro atoms. The highest BCUT2D eigenvalue weighted by Crippen LogP contribution is 2.47. The molecule has 0 radical (unpaired) electrons. The van der Waals surface area contributed by atoms with Crippen LogP contribution in [0.3, 0.4) is 0 Å². The highest BCUT2D eigenvalue weighted by molar-refractivity contribution is 6.06. The van der Waals surface area contributed by atoms with E-state index in [2.05, 4.69) is 18.2 Å². The molecule has 3 rings (SSSR count). The van der Waals surface area contributed by atoms with Crippen LogP contribution >= 0.6 is 0 Å². The smallest absolute Gasteiger partial charge is 0.234 e. The van der Waals surface area contributed by atoms with E-state index < -0.39 is 0 Å². The van der Waals surface area contributed by atoms with Crippen LogP contribution in [0.4, 0.5) is 5.69 Å². The van der Waals surface area contributed by atoms with Crippen molar-refractivity contribution in [1.29, 1.82) is 0 Å². The van der Waals surface area contributed by atoms with E-state index in [1.165, 1.54) is 0 Å². The van der Waals surface area contributed by atoms with Gasteiger partial charge in [0, 0.05) is 18.5 Å². The minimum Gasteiger partial charge on any atom is -0.329 e. The van der Waals surface area contributed by atoms with Crippen molar-refractivity contribution < 1.29 is 4.79 Å². The van der Waals surface area contributed by atoms with Crippen molar-refractivity contribution in [3.05, 3.63) is 42.5 Å². The molecule has 104 valence electrons. The van der Waals surface area contributed by atoms with E-state index >= 15 is 0 Å². The number of nitrogens with two attached hydrogens (primary N) is 1. The number of anilines is 1. The molecule has 0 saturated heterocycles. The molecule has 0 unspecified atom stereocenters. The van der Waals surface area contributed by atoms with Crippen LogP contribution in [0.15, 0.2) is 42.5 Å². The molecule has 2 aromatic rings. The molecule has 3 heteroatoms. The molecule has 1 saturated carbocycles. The first-order chi connectivity index (χ1) is 9.72. The predicted octanol–water partition coefficient (Wildman–Crippen LogP) is 2.93. The highest BCUT2D eigenvalue weighted by atomic mass is 16.2. The maximum absolute atomic E-state index is 12.8. The average Bonchev–Trinajstić information content (AvgIpc) is 3.29. The zero-order chi connectivity index (χ0) is 14.2. The lowest BCUT2D eigenvalue weighted by Crippen LogP contribution is -2.40. The van der Waals surface area contributed by atoms with Gasteiger partial charge in [0.15, 0.2) is 0 Å². The Balaban J connectivity index is 2.06. The van der Waals surface area contributed by atoms with Crippen LogP contribution < -0.4 is 10.6 Å². The van der Waals surface area contributed by atoms with Crippen LogP contribution in [0.1, 0.15) is 19.8 Å². The number of hydrogen-bond donors (Lipinski definition) is 1. The number of carbonyl (C=O) groups is 1. The molecule has 1 aliphatic carbocycles. The Kier molecular flexibility index (Phi) is 3.22. The molecular weight excluding hydrogens is 248 g/mol. The second-order valence-electron chi connectivity index (χ2n) is 5.53. The van der Waals surface area contributed by atoms with Gasteiger partial charge in [-0.3, -0.25) is 4.79 Å². The average molecular weight is 268 g/mol. The van der Waals surface area contributed by atoms with E-state index in [1.54, 1.807) is 0 Å². The summed E-state index contributed by atoms with van der Waals surface area (Å²) >= 11 is 0. The topological polar surface area (TPSA) is 46.3 Å². The molecule has 20 heavy (non-hydrogen) atoms. The molecule has 0 bridgehead atoms. The van der Waals surface area contributed by atoms with Crippen molar-refractivity contribution in [2.45, 2.75) is 19.8 Å². The Morgan fingerprint density at radius 3 is 2.55 bits per heavy atom. The Labute approximate surface area is 119 Å². The number of amides is 1. The van der Waals surface area contributed by atoms with Gasteiger partial charge in [-0.15, -0.1) is 0 Å². The van der Waals surface area contributed by atoms with Gasteiger partial charge in [0.1, 0.15) is 0 Å². The van der Waals surface area contributed by atoms with Crippen LogP contribution in [0.2, 0.25) is 0 Å². The standard InChI is InChI=1S/C17H20N2O/c1-2-19(16(20)17(12-18)10-11-17)15-9-5-7-13-6-3-4-8-14(13)15/h3-9H,2,10-12,18H2,1H3. The van der Waals surface area contributed by atoms with E-state index in [-0.39, 0.29) is 11.3 Å². The lowest BCUT2D eigenvalue weighted by Gasteiger charge is -2.27. The minimum atomic E-state index is -0.299. The fraction of sp³-hybridized carbons (Fsp3) is 0.353. The summed E-state index contributed by atoms with van der Waals surface area (Å²) in [4.78, 5) is 14.7. The van der Waals surface area contributed by atoms with E-state index in [9.17, 15) is 4.79 Å². The SMILES string of the molecule is CCN(C(=O)C1(CN)CC1)c1cccc2ccccc12. The lowest BCUT2D eigenvalue weighted by molar-refractivity contribution is -0.123. The maximum Gasteiger partial charge on any atom is 0.234 e.